The lowest BCUT2D eigenvalue weighted by Gasteiger charge is -2.15. The van der Waals surface area contributed by atoms with E-state index < -0.39 is 11.8 Å². The van der Waals surface area contributed by atoms with Gasteiger partial charge in [-0.3, -0.25) is 9.59 Å². The molecule has 1 aliphatic heterocycles. The van der Waals surface area contributed by atoms with Crippen LogP contribution in [0.5, 0.6) is 11.5 Å². The molecule has 0 bridgehead atoms. The molecule has 0 spiro atoms. The van der Waals surface area contributed by atoms with Crippen molar-refractivity contribution < 1.29 is 19.4 Å². The second-order valence-electron chi connectivity index (χ2n) is 6.02. The highest BCUT2D eigenvalue weighted by molar-refractivity contribution is 6.31. The fourth-order valence-corrected chi connectivity index (χ4v) is 3.23. The average molecular weight is 388 g/mol. The van der Waals surface area contributed by atoms with Gasteiger partial charge in [0.2, 0.25) is 5.91 Å². The third kappa shape index (κ3) is 4.03. The summed E-state index contributed by atoms with van der Waals surface area (Å²) < 4.78 is 5.02. The Morgan fingerprint density at radius 2 is 2.11 bits per heavy atom. The van der Waals surface area contributed by atoms with Gasteiger partial charge in [0, 0.05) is 29.1 Å². The summed E-state index contributed by atoms with van der Waals surface area (Å²) in [6, 6.07) is 12.3. The Balaban J connectivity index is 1.74. The van der Waals surface area contributed by atoms with Crippen molar-refractivity contribution in [2.24, 2.45) is 11.0 Å². The third-order valence-electron chi connectivity index (χ3n) is 4.36. The van der Waals surface area contributed by atoms with Gasteiger partial charge in [-0.25, -0.2) is 5.43 Å². The van der Waals surface area contributed by atoms with Crippen molar-refractivity contribution >= 4 is 29.6 Å². The van der Waals surface area contributed by atoms with Gasteiger partial charge in [0.15, 0.2) is 11.5 Å². The van der Waals surface area contributed by atoms with Crippen LogP contribution in [0.4, 0.5) is 0 Å². The van der Waals surface area contributed by atoms with E-state index in [0.717, 1.165) is 5.56 Å². The van der Waals surface area contributed by atoms with Crippen LogP contribution >= 0.6 is 11.6 Å². The number of phenolic OH excluding ortho intramolecular Hbond substituents is 1. The first-order chi connectivity index (χ1) is 13.0. The van der Waals surface area contributed by atoms with Gasteiger partial charge in [0.1, 0.15) is 5.92 Å². The summed E-state index contributed by atoms with van der Waals surface area (Å²) in [6.45, 7) is 0.386. The molecule has 0 unspecified atom stereocenters. The Morgan fingerprint density at radius 3 is 2.81 bits per heavy atom. The SMILES string of the molecule is COc1cc(Cl)cc(/C=N/NC(=O)[C@H]2C(=O)NC[C@H]2c2ccccc2)c1O. The molecule has 1 saturated heterocycles. The van der Waals surface area contributed by atoms with E-state index in [1.165, 1.54) is 25.5 Å². The molecule has 140 valence electrons. The quantitative estimate of drug-likeness (QED) is 0.415. The first kappa shape index (κ1) is 18.7. The van der Waals surface area contributed by atoms with E-state index in [9.17, 15) is 14.7 Å². The zero-order valence-corrected chi connectivity index (χ0v) is 15.2. The minimum absolute atomic E-state index is 0.152. The van der Waals surface area contributed by atoms with Crippen LogP contribution in [0, 0.1) is 5.92 Å². The lowest BCUT2D eigenvalue weighted by molar-refractivity contribution is -0.133. The molecule has 2 atom stereocenters. The van der Waals surface area contributed by atoms with Crippen molar-refractivity contribution in [1.29, 1.82) is 0 Å². The van der Waals surface area contributed by atoms with E-state index in [1.54, 1.807) is 0 Å². The Hall–Kier alpha value is -3.06. The predicted octanol–water partition coefficient (Wildman–Crippen LogP) is 2.03. The molecule has 0 saturated carbocycles. The molecule has 3 rings (SSSR count). The molecule has 0 aliphatic carbocycles. The zero-order chi connectivity index (χ0) is 19.4. The number of ether oxygens (including phenoxy) is 1. The topological polar surface area (TPSA) is 100 Å². The van der Waals surface area contributed by atoms with Crippen LogP contribution in [-0.4, -0.2) is 36.8 Å². The maximum Gasteiger partial charge on any atom is 0.253 e. The number of nitrogens with zero attached hydrogens (tertiary/aromatic N) is 1. The molecule has 2 aromatic carbocycles. The number of aromatic hydroxyl groups is 1. The van der Waals surface area contributed by atoms with Crippen LogP contribution in [0.1, 0.15) is 17.0 Å². The van der Waals surface area contributed by atoms with Gasteiger partial charge < -0.3 is 15.2 Å². The molecule has 2 amide bonds. The molecule has 2 aromatic rings. The Bertz CT molecular complexity index is 886. The number of carbonyl (C=O) groups is 2. The Morgan fingerprint density at radius 1 is 1.37 bits per heavy atom. The van der Waals surface area contributed by atoms with Gasteiger partial charge in [0.05, 0.1) is 13.3 Å². The van der Waals surface area contributed by atoms with Crippen LogP contribution in [-0.2, 0) is 9.59 Å². The number of halogens is 1. The average Bonchev–Trinajstić information content (AvgIpc) is 3.06. The summed E-state index contributed by atoms with van der Waals surface area (Å²) in [5.74, 6) is -1.98. The van der Waals surface area contributed by atoms with E-state index in [1.807, 2.05) is 30.3 Å². The van der Waals surface area contributed by atoms with E-state index >= 15 is 0 Å². The Labute approximate surface area is 161 Å². The van der Waals surface area contributed by atoms with Crippen LogP contribution in [0.2, 0.25) is 5.02 Å². The second kappa shape index (κ2) is 8.09. The molecule has 0 radical (unpaired) electrons. The fourth-order valence-electron chi connectivity index (χ4n) is 3.02. The zero-order valence-electron chi connectivity index (χ0n) is 14.5. The molecule has 27 heavy (non-hydrogen) atoms. The molecular formula is C19H18ClN3O4. The largest absolute Gasteiger partial charge is 0.504 e. The third-order valence-corrected chi connectivity index (χ3v) is 4.58. The summed E-state index contributed by atoms with van der Waals surface area (Å²) in [4.78, 5) is 24.6. The molecule has 3 N–H and O–H groups in total. The molecule has 1 aliphatic rings. The van der Waals surface area contributed by atoms with Gasteiger partial charge in [-0.05, 0) is 11.6 Å². The fraction of sp³-hybridized carbons (Fsp3) is 0.211. The summed E-state index contributed by atoms with van der Waals surface area (Å²) in [5, 5.41) is 17.0. The molecule has 8 heteroatoms. The second-order valence-corrected chi connectivity index (χ2v) is 6.46. The number of phenols is 1. The van der Waals surface area contributed by atoms with Crippen molar-refractivity contribution in [3.8, 4) is 11.5 Å². The van der Waals surface area contributed by atoms with Crippen LogP contribution in [0.3, 0.4) is 0 Å². The van der Waals surface area contributed by atoms with Crippen LogP contribution < -0.4 is 15.5 Å². The molecular weight excluding hydrogens is 370 g/mol. The summed E-state index contributed by atoms with van der Waals surface area (Å²) in [6.07, 6.45) is 1.24. The number of nitrogens with one attached hydrogen (secondary N) is 2. The number of hydrogen-bond donors (Lipinski definition) is 3. The van der Waals surface area contributed by atoms with Crippen molar-refractivity contribution in [2.75, 3.05) is 13.7 Å². The van der Waals surface area contributed by atoms with Crippen molar-refractivity contribution in [1.82, 2.24) is 10.7 Å². The van der Waals surface area contributed by atoms with E-state index in [2.05, 4.69) is 15.8 Å². The van der Waals surface area contributed by atoms with E-state index in [0.29, 0.717) is 11.6 Å². The highest BCUT2D eigenvalue weighted by Crippen LogP contribution is 2.32. The lowest BCUT2D eigenvalue weighted by Crippen LogP contribution is -2.34. The number of rotatable bonds is 5. The first-order valence-corrected chi connectivity index (χ1v) is 8.61. The summed E-state index contributed by atoms with van der Waals surface area (Å²) in [7, 11) is 1.40. The van der Waals surface area contributed by atoms with Crippen LogP contribution in [0.25, 0.3) is 0 Å². The molecule has 1 heterocycles. The minimum Gasteiger partial charge on any atom is -0.504 e. The van der Waals surface area contributed by atoms with E-state index in [4.69, 9.17) is 16.3 Å². The minimum atomic E-state index is -0.882. The number of methoxy groups -OCH3 is 1. The standard InChI is InChI=1S/C19H18ClN3O4/c1-27-15-8-13(20)7-12(17(15)24)9-22-23-19(26)16-14(10-21-18(16)25)11-5-3-2-4-6-11/h2-9,14,16,24H,10H2,1H3,(H,21,25)(H,23,26)/b22-9+/t14-,16+/m0/s1. The maximum atomic E-state index is 12.5. The van der Waals surface area contributed by atoms with Crippen molar-refractivity contribution in [3.63, 3.8) is 0 Å². The highest BCUT2D eigenvalue weighted by atomic mass is 35.5. The number of carbonyl (C=O) groups excluding carboxylic acids is 2. The van der Waals surface area contributed by atoms with Crippen LogP contribution in [0.15, 0.2) is 47.6 Å². The van der Waals surface area contributed by atoms with Gasteiger partial charge in [0.25, 0.3) is 5.91 Å². The van der Waals surface area contributed by atoms with Crippen molar-refractivity contribution in [3.05, 3.63) is 58.6 Å². The summed E-state index contributed by atoms with van der Waals surface area (Å²) in [5.41, 5.74) is 3.54. The number of benzene rings is 2. The molecule has 7 nitrogen and oxygen atoms in total. The van der Waals surface area contributed by atoms with Gasteiger partial charge in [-0.2, -0.15) is 5.10 Å². The monoisotopic (exact) mass is 387 g/mol. The maximum absolute atomic E-state index is 12.5. The molecule has 0 aromatic heterocycles. The lowest BCUT2D eigenvalue weighted by atomic mass is 9.88. The molecule has 1 fully saturated rings. The first-order valence-electron chi connectivity index (χ1n) is 8.23. The smallest absolute Gasteiger partial charge is 0.253 e. The highest BCUT2D eigenvalue weighted by Gasteiger charge is 2.40. The number of hydrogen-bond acceptors (Lipinski definition) is 5. The van der Waals surface area contributed by atoms with Crippen molar-refractivity contribution in [2.45, 2.75) is 5.92 Å². The summed E-state index contributed by atoms with van der Waals surface area (Å²) >= 11 is 5.96. The van der Waals surface area contributed by atoms with Gasteiger partial charge in [-0.15, -0.1) is 0 Å². The predicted molar refractivity (Wildman–Crippen MR) is 101 cm³/mol. The van der Waals surface area contributed by atoms with Gasteiger partial charge in [-0.1, -0.05) is 41.9 Å². The normalized spacial score (nSPS) is 19.1. The Kier molecular flexibility index (Phi) is 5.61. The van der Waals surface area contributed by atoms with E-state index in [-0.39, 0.29) is 28.9 Å². The van der Waals surface area contributed by atoms with Gasteiger partial charge >= 0.3 is 0 Å². The number of amides is 2. The number of hydrazone groups is 1.